The first-order valence-corrected chi connectivity index (χ1v) is 8.20. The Bertz CT molecular complexity index is 758. The summed E-state index contributed by atoms with van der Waals surface area (Å²) in [6.45, 7) is 0.182. The molecule has 0 amide bonds. The molecule has 0 unspecified atom stereocenters. The minimum atomic E-state index is -4.60. The van der Waals surface area contributed by atoms with Gasteiger partial charge in [-0.2, -0.15) is 18.4 Å². The molecule has 0 spiro atoms. The fraction of sp³-hybridized carbons (Fsp3) is 0.500. The predicted molar refractivity (Wildman–Crippen MR) is 69.5 cm³/mol. The molecule has 0 radical (unpaired) electrons. The lowest BCUT2D eigenvalue weighted by Crippen LogP contribution is -2.48. The Morgan fingerprint density at radius 1 is 1.32 bits per heavy atom. The van der Waals surface area contributed by atoms with Crippen LogP contribution in [0.3, 0.4) is 0 Å². The third-order valence-electron chi connectivity index (χ3n) is 4.19. The molecule has 8 heteroatoms. The Morgan fingerprint density at radius 2 is 2.00 bits per heavy atom. The molecule has 0 N–H and O–H groups in total. The van der Waals surface area contributed by atoms with Gasteiger partial charge in [-0.3, -0.25) is 0 Å². The number of sulfone groups is 1. The zero-order chi connectivity index (χ0) is 16.2. The Kier molecular flexibility index (Phi) is 3.10. The lowest BCUT2D eigenvalue weighted by molar-refractivity contribution is -0.137. The molecular formula is C14H12F3NO3S. The average molecular weight is 331 g/mol. The number of alkyl halides is 3. The fourth-order valence-corrected chi connectivity index (χ4v) is 4.97. The molecule has 2 aliphatic heterocycles. The lowest BCUT2D eigenvalue weighted by atomic mass is 9.64. The molecule has 3 aliphatic rings. The van der Waals surface area contributed by atoms with Crippen LogP contribution >= 0.6 is 0 Å². The van der Waals surface area contributed by atoms with E-state index in [0.717, 1.165) is 18.2 Å². The summed E-state index contributed by atoms with van der Waals surface area (Å²) in [6.07, 6.45) is -3.97. The van der Waals surface area contributed by atoms with E-state index in [1.165, 1.54) is 0 Å². The Balaban J connectivity index is 1.85. The number of halogens is 3. The fourth-order valence-electron chi connectivity index (χ4n) is 3.23. The monoisotopic (exact) mass is 331 g/mol. The quantitative estimate of drug-likeness (QED) is 0.854. The highest BCUT2D eigenvalue weighted by atomic mass is 32.2. The van der Waals surface area contributed by atoms with Crippen LogP contribution in [0.4, 0.5) is 13.2 Å². The third-order valence-corrected chi connectivity index (χ3v) is 6.06. The first kappa shape index (κ1) is 15.3. The molecule has 0 aromatic heterocycles. The van der Waals surface area contributed by atoms with Gasteiger partial charge in [-0.1, -0.05) is 6.07 Å². The Morgan fingerprint density at radius 3 is 2.55 bits per heavy atom. The maximum Gasteiger partial charge on any atom is 0.416 e. The largest absolute Gasteiger partial charge is 0.416 e. The molecule has 2 bridgehead atoms. The Labute approximate surface area is 125 Å². The van der Waals surface area contributed by atoms with E-state index < -0.39 is 38.3 Å². The molecule has 4 rings (SSSR count). The summed E-state index contributed by atoms with van der Waals surface area (Å²) in [7, 11) is -3.92. The maximum atomic E-state index is 12.7. The molecule has 1 aromatic rings. The van der Waals surface area contributed by atoms with E-state index in [0.29, 0.717) is 18.9 Å². The van der Waals surface area contributed by atoms with E-state index in [2.05, 4.69) is 6.07 Å². The van der Waals surface area contributed by atoms with Crippen molar-refractivity contribution < 1.29 is 26.3 Å². The van der Waals surface area contributed by atoms with Gasteiger partial charge in [0.1, 0.15) is 0 Å². The van der Waals surface area contributed by atoms with Gasteiger partial charge in [0, 0.05) is 0 Å². The highest BCUT2D eigenvalue weighted by Crippen LogP contribution is 2.58. The SMILES string of the molecule is N#CC12COC(CS(=O)(=O)c3cccc(C(F)(F)F)c3)(C1)C2. The maximum absolute atomic E-state index is 12.7. The number of hydrogen-bond acceptors (Lipinski definition) is 4. The van der Waals surface area contributed by atoms with E-state index in [1.807, 2.05) is 0 Å². The van der Waals surface area contributed by atoms with Crippen LogP contribution in [0.25, 0.3) is 0 Å². The summed E-state index contributed by atoms with van der Waals surface area (Å²) in [5.41, 5.74) is -2.55. The first-order valence-electron chi connectivity index (χ1n) is 6.55. The Hall–Kier alpha value is -1.59. The van der Waals surface area contributed by atoms with Gasteiger partial charge >= 0.3 is 6.18 Å². The minimum absolute atomic E-state index is 0.182. The number of fused-ring (bicyclic) bond motifs is 1. The van der Waals surface area contributed by atoms with E-state index in [9.17, 15) is 21.6 Å². The highest BCUT2D eigenvalue weighted by molar-refractivity contribution is 7.91. The normalized spacial score (nSPS) is 30.6. The van der Waals surface area contributed by atoms with Crippen LogP contribution in [0.5, 0.6) is 0 Å². The standard InChI is InChI=1S/C14H12F3NO3S/c15-14(16,17)10-2-1-3-11(4-10)22(19,20)9-13-5-12(6-13,7-18)8-21-13/h1-4H,5-6,8-9H2. The second kappa shape index (κ2) is 4.46. The van der Waals surface area contributed by atoms with Crippen molar-refractivity contribution >= 4 is 9.84 Å². The smallest absolute Gasteiger partial charge is 0.372 e. The van der Waals surface area contributed by atoms with E-state index >= 15 is 0 Å². The molecule has 1 aliphatic carbocycles. The van der Waals surface area contributed by atoms with Crippen LogP contribution in [0.15, 0.2) is 29.2 Å². The van der Waals surface area contributed by atoms with Crippen LogP contribution in [0, 0.1) is 16.7 Å². The highest BCUT2D eigenvalue weighted by Gasteiger charge is 2.64. The van der Waals surface area contributed by atoms with E-state index in [-0.39, 0.29) is 11.5 Å². The number of benzene rings is 1. The predicted octanol–water partition coefficient (Wildman–Crippen LogP) is 2.55. The second-order valence-electron chi connectivity index (χ2n) is 6.00. The van der Waals surface area contributed by atoms with Crippen molar-refractivity contribution in [1.29, 1.82) is 5.26 Å². The van der Waals surface area contributed by atoms with Gasteiger partial charge in [0.15, 0.2) is 9.84 Å². The van der Waals surface area contributed by atoms with E-state index in [1.54, 1.807) is 0 Å². The van der Waals surface area contributed by atoms with Crippen molar-refractivity contribution in [2.24, 2.45) is 5.41 Å². The molecule has 3 fully saturated rings. The van der Waals surface area contributed by atoms with Crippen LogP contribution < -0.4 is 0 Å². The molecular weight excluding hydrogens is 319 g/mol. The van der Waals surface area contributed by atoms with E-state index in [4.69, 9.17) is 10.00 Å². The topological polar surface area (TPSA) is 67.2 Å². The summed E-state index contributed by atoms with van der Waals surface area (Å²) in [5.74, 6) is -0.398. The molecule has 2 saturated heterocycles. The molecule has 0 atom stereocenters. The number of nitrogens with zero attached hydrogens (tertiary/aromatic N) is 1. The van der Waals surface area contributed by atoms with Crippen molar-refractivity contribution in [3.05, 3.63) is 29.8 Å². The molecule has 118 valence electrons. The van der Waals surface area contributed by atoms with Gasteiger partial charge in [-0.25, -0.2) is 8.42 Å². The summed E-state index contributed by atoms with van der Waals surface area (Å²) in [4.78, 5) is -0.373. The number of hydrogen-bond donors (Lipinski definition) is 0. The number of ether oxygens (including phenoxy) is 1. The van der Waals surface area contributed by atoms with Crippen molar-refractivity contribution in [3.8, 4) is 6.07 Å². The zero-order valence-corrected chi connectivity index (χ0v) is 12.2. The summed E-state index contributed by atoms with van der Waals surface area (Å²) < 4.78 is 68.2. The summed E-state index contributed by atoms with van der Waals surface area (Å²) in [6, 6.07) is 5.80. The zero-order valence-electron chi connectivity index (χ0n) is 11.4. The van der Waals surface area contributed by atoms with Crippen LogP contribution in [-0.4, -0.2) is 26.4 Å². The van der Waals surface area contributed by atoms with Crippen molar-refractivity contribution in [2.45, 2.75) is 29.5 Å². The van der Waals surface area contributed by atoms with Gasteiger partial charge < -0.3 is 4.74 Å². The second-order valence-corrected chi connectivity index (χ2v) is 7.99. The third kappa shape index (κ3) is 2.38. The average Bonchev–Trinajstić information content (AvgIpc) is 2.92. The van der Waals surface area contributed by atoms with Gasteiger partial charge in [-0.05, 0) is 31.0 Å². The first-order chi connectivity index (χ1) is 10.1. The van der Waals surface area contributed by atoms with Crippen LogP contribution in [0.1, 0.15) is 18.4 Å². The van der Waals surface area contributed by atoms with Crippen molar-refractivity contribution in [1.82, 2.24) is 0 Å². The summed E-state index contributed by atoms with van der Waals surface area (Å²) >= 11 is 0. The molecule has 1 aromatic carbocycles. The van der Waals surface area contributed by atoms with Crippen LogP contribution in [0.2, 0.25) is 0 Å². The van der Waals surface area contributed by atoms with Crippen LogP contribution in [-0.2, 0) is 20.8 Å². The lowest BCUT2D eigenvalue weighted by Gasteiger charge is -2.39. The molecule has 1 saturated carbocycles. The number of nitriles is 1. The molecule has 4 nitrogen and oxygen atoms in total. The van der Waals surface area contributed by atoms with Gasteiger partial charge in [0.25, 0.3) is 0 Å². The van der Waals surface area contributed by atoms with Gasteiger partial charge in [-0.15, -0.1) is 0 Å². The van der Waals surface area contributed by atoms with Crippen molar-refractivity contribution in [2.75, 3.05) is 12.4 Å². The van der Waals surface area contributed by atoms with Gasteiger partial charge in [0.05, 0.1) is 39.9 Å². The minimum Gasteiger partial charge on any atom is -0.372 e. The molecule has 2 heterocycles. The summed E-state index contributed by atoms with van der Waals surface area (Å²) in [5, 5.41) is 9.01. The number of rotatable bonds is 3. The molecule has 22 heavy (non-hydrogen) atoms. The van der Waals surface area contributed by atoms with Gasteiger partial charge in [0.2, 0.25) is 0 Å². The van der Waals surface area contributed by atoms with Crippen molar-refractivity contribution in [3.63, 3.8) is 0 Å².